The van der Waals surface area contributed by atoms with E-state index in [4.69, 9.17) is 0 Å². The van der Waals surface area contributed by atoms with Gasteiger partial charge in [0.05, 0.1) is 0 Å². The molecule has 0 bridgehead atoms. The molecule has 2 fully saturated rings. The summed E-state index contributed by atoms with van der Waals surface area (Å²) in [6, 6.07) is 0.817. The number of likely N-dealkylation sites (tertiary alicyclic amines) is 1. The Bertz CT molecular complexity index is 193. The SMILES string of the molecule is CC1CCCC1NCC1CCCN(C)C1. The molecule has 88 valence electrons. The number of rotatable bonds is 3. The molecule has 0 radical (unpaired) electrons. The summed E-state index contributed by atoms with van der Waals surface area (Å²) >= 11 is 0. The van der Waals surface area contributed by atoms with Crippen molar-refractivity contribution in [2.75, 3.05) is 26.7 Å². The van der Waals surface area contributed by atoms with Crippen LogP contribution in [0.5, 0.6) is 0 Å². The van der Waals surface area contributed by atoms with Gasteiger partial charge in [-0.3, -0.25) is 0 Å². The van der Waals surface area contributed by atoms with Crippen LogP contribution in [0.3, 0.4) is 0 Å². The van der Waals surface area contributed by atoms with Crippen LogP contribution in [0.15, 0.2) is 0 Å². The lowest BCUT2D eigenvalue weighted by Crippen LogP contribution is -2.41. The van der Waals surface area contributed by atoms with E-state index in [2.05, 4.69) is 24.2 Å². The number of nitrogens with one attached hydrogen (secondary N) is 1. The van der Waals surface area contributed by atoms with Crippen LogP contribution in [0, 0.1) is 11.8 Å². The van der Waals surface area contributed by atoms with Gasteiger partial charge in [0.2, 0.25) is 0 Å². The zero-order chi connectivity index (χ0) is 10.7. The Morgan fingerprint density at radius 2 is 2.07 bits per heavy atom. The third-order valence-corrected chi connectivity index (χ3v) is 4.25. The molecule has 0 aromatic rings. The molecule has 1 saturated carbocycles. The van der Waals surface area contributed by atoms with Gasteiger partial charge in [0, 0.05) is 12.6 Å². The van der Waals surface area contributed by atoms with Crippen LogP contribution in [-0.2, 0) is 0 Å². The van der Waals surface area contributed by atoms with Gasteiger partial charge in [0.1, 0.15) is 0 Å². The van der Waals surface area contributed by atoms with Crippen LogP contribution in [-0.4, -0.2) is 37.6 Å². The molecule has 0 aromatic heterocycles. The highest BCUT2D eigenvalue weighted by Crippen LogP contribution is 2.25. The van der Waals surface area contributed by atoms with Crippen molar-refractivity contribution in [3.8, 4) is 0 Å². The summed E-state index contributed by atoms with van der Waals surface area (Å²) in [7, 11) is 2.25. The molecule has 2 aliphatic rings. The average Bonchev–Trinajstić information content (AvgIpc) is 2.61. The van der Waals surface area contributed by atoms with Crippen molar-refractivity contribution in [2.24, 2.45) is 11.8 Å². The van der Waals surface area contributed by atoms with E-state index in [9.17, 15) is 0 Å². The third-order valence-electron chi connectivity index (χ3n) is 4.25. The maximum absolute atomic E-state index is 3.79. The minimum Gasteiger partial charge on any atom is -0.313 e. The van der Waals surface area contributed by atoms with E-state index in [1.807, 2.05) is 0 Å². The molecule has 3 atom stereocenters. The van der Waals surface area contributed by atoms with Crippen molar-refractivity contribution >= 4 is 0 Å². The fourth-order valence-electron chi connectivity index (χ4n) is 3.21. The summed E-state index contributed by atoms with van der Waals surface area (Å²) in [5.41, 5.74) is 0. The molecule has 1 aliphatic carbocycles. The van der Waals surface area contributed by atoms with Gasteiger partial charge in [0.15, 0.2) is 0 Å². The Hall–Kier alpha value is -0.0800. The predicted octanol–water partition coefficient (Wildman–Crippen LogP) is 2.11. The van der Waals surface area contributed by atoms with E-state index in [0.29, 0.717) is 0 Å². The molecule has 1 aliphatic heterocycles. The number of hydrogen-bond acceptors (Lipinski definition) is 2. The largest absolute Gasteiger partial charge is 0.313 e. The zero-order valence-electron chi connectivity index (χ0n) is 10.3. The van der Waals surface area contributed by atoms with Gasteiger partial charge in [-0.2, -0.15) is 0 Å². The van der Waals surface area contributed by atoms with Gasteiger partial charge in [-0.1, -0.05) is 13.3 Å². The number of hydrogen-bond donors (Lipinski definition) is 1. The van der Waals surface area contributed by atoms with E-state index in [-0.39, 0.29) is 0 Å². The van der Waals surface area contributed by atoms with Gasteiger partial charge in [-0.25, -0.2) is 0 Å². The summed E-state index contributed by atoms with van der Waals surface area (Å²) < 4.78 is 0. The molecule has 2 nitrogen and oxygen atoms in total. The standard InChI is InChI=1S/C13H26N2/c1-11-5-3-7-13(11)14-9-12-6-4-8-15(2)10-12/h11-14H,3-10H2,1-2H3. The van der Waals surface area contributed by atoms with E-state index < -0.39 is 0 Å². The van der Waals surface area contributed by atoms with Crippen molar-refractivity contribution in [3.63, 3.8) is 0 Å². The summed E-state index contributed by atoms with van der Waals surface area (Å²) in [5, 5.41) is 3.79. The van der Waals surface area contributed by atoms with E-state index in [0.717, 1.165) is 17.9 Å². The molecule has 2 rings (SSSR count). The van der Waals surface area contributed by atoms with Crippen LogP contribution in [0.2, 0.25) is 0 Å². The van der Waals surface area contributed by atoms with E-state index in [1.54, 1.807) is 0 Å². The molecule has 1 heterocycles. The smallest absolute Gasteiger partial charge is 0.00928 e. The minimum atomic E-state index is 0.817. The van der Waals surface area contributed by atoms with Crippen molar-refractivity contribution in [2.45, 2.75) is 45.1 Å². The van der Waals surface area contributed by atoms with Crippen LogP contribution < -0.4 is 5.32 Å². The molecule has 1 saturated heterocycles. The van der Waals surface area contributed by atoms with E-state index in [1.165, 1.54) is 51.7 Å². The topological polar surface area (TPSA) is 15.3 Å². The Balaban J connectivity index is 1.68. The molecule has 0 amide bonds. The van der Waals surface area contributed by atoms with Crippen LogP contribution in [0.25, 0.3) is 0 Å². The lowest BCUT2D eigenvalue weighted by atomic mass is 9.97. The molecule has 1 N–H and O–H groups in total. The molecule has 2 heteroatoms. The molecule has 3 unspecified atom stereocenters. The monoisotopic (exact) mass is 210 g/mol. The first kappa shape index (κ1) is 11.4. The first-order valence-corrected chi connectivity index (χ1v) is 6.67. The second-order valence-electron chi connectivity index (χ2n) is 5.69. The van der Waals surface area contributed by atoms with Gasteiger partial charge in [0.25, 0.3) is 0 Å². The Morgan fingerprint density at radius 1 is 1.20 bits per heavy atom. The quantitative estimate of drug-likeness (QED) is 0.767. The first-order valence-electron chi connectivity index (χ1n) is 6.67. The molecule has 0 spiro atoms. The minimum absolute atomic E-state index is 0.817. The molecular weight excluding hydrogens is 184 g/mol. The summed E-state index contributed by atoms with van der Waals surface area (Å²) in [5.74, 6) is 1.81. The second-order valence-corrected chi connectivity index (χ2v) is 5.69. The predicted molar refractivity (Wildman–Crippen MR) is 65.0 cm³/mol. The van der Waals surface area contributed by atoms with Gasteiger partial charge in [-0.05, 0) is 57.7 Å². The second kappa shape index (κ2) is 5.31. The highest BCUT2D eigenvalue weighted by Gasteiger charge is 2.24. The fourth-order valence-corrected chi connectivity index (χ4v) is 3.21. The van der Waals surface area contributed by atoms with Gasteiger partial charge in [-0.15, -0.1) is 0 Å². The first-order chi connectivity index (χ1) is 7.25. The van der Waals surface area contributed by atoms with Crippen LogP contribution in [0.4, 0.5) is 0 Å². The maximum atomic E-state index is 3.79. The highest BCUT2D eigenvalue weighted by molar-refractivity contribution is 4.82. The zero-order valence-corrected chi connectivity index (χ0v) is 10.3. The highest BCUT2D eigenvalue weighted by atomic mass is 15.1. The lowest BCUT2D eigenvalue weighted by molar-refractivity contribution is 0.200. The van der Waals surface area contributed by atoms with Crippen molar-refractivity contribution in [3.05, 3.63) is 0 Å². The summed E-state index contributed by atoms with van der Waals surface area (Å²) in [4.78, 5) is 2.48. The number of nitrogens with zero attached hydrogens (tertiary/aromatic N) is 1. The normalized spacial score (nSPS) is 38.4. The van der Waals surface area contributed by atoms with Crippen molar-refractivity contribution in [1.82, 2.24) is 10.2 Å². The summed E-state index contributed by atoms with van der Waals surface area (Å²) in [6.07, 6.45) is 7.09. The van der Waals surface area contributed by atoms with Crippen LogP contribution >= 0.6 is 0 Å². The lowest BCUT2D eigenvalue weighted by Gasteiger charge is -2.31. The molecule has 0 aromatic carbocycles. The Kier molecular flexibility index (Phi) is 4.04. The molecular formula is C13H26N2. The Morgan fingerprint density at radius 3 is 2.73 bits per heavy atom. The van der Waals surface area contributed by atoms with Gasteiger partial charge >= 0.3 is 0 Å². The maximum Gasteiger partial charge on any atom is 0.00928 e. The van der Waals surface area contributed by atoms with Crippen molar-refractivity contribution in [1.29, 1.82) is 0 Å². The Labute approximate surface area is 94.4 Å². The number of piperidine rings is 1. The third kappa shape index (κ3) is 3.18. The van der Waals surface area contributed by atoms with Crippen LogP contribution in [0.1, 0.15) is 39.0 Å². The average molecular weight is 210 g/mol. The van der Waals surface area contributed by atoms with Gasteiger partial charge < -0.3 is 10.2 Å². The van der Waals surface area contributed by atoms with Crippen molar-refractivity contribution < 1.29 is 0 Å². The molecule has 15 heavy (non-hydrogen) atoms. The van der Waals surface area contributed by atoms with E-state index >= 15 is 0 Å². The fraction of sp³-hybridized carbons (Fsp3) is 1.00. The summed E-state index contributed by atoms with van der Waals surface area (Å²) in [6.45, 7) is 6.25.